The van der Waals surface area contributed by atoms with E-state index in [0.29, 0.717) is 19.8 Å². The van der Waals surface area contributed by atoms with Crippen molar-refractivity contribution in [2.45, 2.75) is 32.7 Å². The van der Waals surface area contributed by atoms with E-state index in [-0.39, 0.29) is 22.9 Å². The number of carbonyl (C=O) groups is 1. The number of H-pyrrole nitrogens is 1. The average Bonchev–Trinajstić information content (AvgIpc) is 2.40. The second-order valence-corrected chi connectivity index (χ2v) is 4.83. The van der Waals surface area contributed by atoms with E-state index in [1.807, 2.05) is 6.92 Å². The molecule has 0 spiro atoms. The molecule has 0 radical (unpaired) electrons. The van der Waals surface area contributed by atoms with Gasteiger partial charge >= 0.3 is 0 Å². The third-order valence-corrected chi connectivity index (χ3v) is 3.52. The molecule has 0 bridgehead atoms. The molecule has 19 heavy (non-hydrogen) atoms. The molecule has 1 aromatic heterocycles. The van der Waals surface area contributed by atoms with Crippen LogP contribution in [0, 0.1) is 6.92 Å². The highest BCUT2D eigenvalue weighted by molar-refractivity contribution is 5.94. The van der Waals surface area contributed by atoms with Crippen molar-refractivity contribution in [3.8, 4) is 0 Å². The Bertz CT molecular complexity index is 504. The number of hydrogen-bond donors (Lipinski definition) is 1. The van der Waals surface area contributed by atoms with Crippen LogP contribution < -0.4 is 5.43 Å². The lowest BCUT2D eigenvalue weighted by molar-refractivity contribution is 0.0304. The van der Waals surface area contributed by atoms with Crippen LogP contribution >= 0.6 is 0 Å². The molecule has 2 heterocycles. The predicted molar refractivity (Wildman–Crippen MR) is 72.4 cm³/mol. The van der Waals surface area contributed by atoms with Gasteiger partial charge in [0.1, 0.15) is 5.56 Å². The van der Waals surface area contributed by atoms with Gasteiger partial charge in [-0.25, -0.2) is 0 Å². The lowest BCUT2D eigenvalue weighted by atomic mass is 10.1. The molecule has 0 aliphatic carbocycles. The first-order valence-corrected chi connectivity index (χ1v) is 6.71. The van der Waals surface area contributed by atoms with Crippen LogP contribution in [0.1, 0.15) is 35.8 Å². The van der Waals surface area contributed by atoms with Crippen LogP contribution in [0.4, 0.5) is 0 Å². The molecule has 0 saturated carbocycles. The van der Waals surface area contributed by atoms with Crippen LogP contribution in [0.2, 0.25) is 0 Å². The Hall–Kier alpha value is -1.62. The van der Waals surface area contributed by atoms with Crippen LogP contribution in [0.3, 0.4) is 0 Å². The Morgan fingerprint density at radius 1 is 1.47 bits per heavy atom. The van der Waals surface area contributed by atoms with E-state index in [1.54, 1.807) is 11.8 Å². The first-order valence-electron chi connectivity index (χ1n) is 6.71. The normalized spacial score (nSPS) is 16.3. The summed E-state index contributed by atoms with van der Waals surface area (Å²) >= 11 is 0. The smallest absolute Gasteiger partial charge is 0.259 e. The van der Waals surface area contributed by atoms with Crippen molar-refractivity contribution >= 4 is 5.91 Å². The number of nitrogens with one attached hydrogen (secondary N) is 1. The van der Waals surface area contributed by atoms with Gasteiger partial charge in [-0.05, 0) is 26.7 Å². The fourth-order valence-electron chi connectivity index (χ4n) is 2.46. The lowest BCUT2D eigenvalue weighted by Crippen LogP contribution is -2.44. The Morgan fingerprint density at radius 2 is 2.16 bits per heavy atom. The number of ether oxygens (including phenoxy) is 1. The second-order valence-electron chi connectivity index (χ2n) is 4.83. The van der Waals surface area contributed by atoms with E-state index < -0.39 is 0 Å². The van der Waals surface area contributed by atoms with Crippen LogP contribution in [0.5, 0.6) is 0 Å². The van der Waals surface area contributed by atoms with E-state index >= 15 is 0 Å². The van der Waals surface area contributed by atoms with E-state index in [9.17, 15) is 9.59 Å². The Kier molecular flexibility index (Phi) is 4.37. The van der Waals surface area contributed by atoms with Gasteiger partial charge in [0.05, 0.1) is 0 Å². The summed E-state index contributed by atoms with van der Waals surface area (Å²) in [5.74, 6) is -0.185. The van der Waals surface area contributed by atoms with Crippen LogP contribution in [0.25, 0.3) is 0 Å². The lowest BCUT2D eigenvalue weighted by Gasteiger charge is -2.33. The minimum absolute atomic E-state index is 0.173. The molecule has 104 valence electrons. The Morgan fingerprint density at radius 3 is 2.74 bits per heavy atom. The molecule has 0 unspecified atom stereocenters. The zero-order chi connectivity index (χ0) is 13.8. The molecule has 1 saturated heterocycles. The van der Waals surface area contributed by atoms with E-state index in [4.69, 9.17) is 4.74 Å². The summed E-state index contributed by atoms with van der Waals surface area (Å²) in [6.07, 6.45) is 3.19. The molecule has 0 atom stereocenters. The van der Waals surface area contributed by atoms with Crippen molar-refractivity contribution in [1.82, 2.24) is 9.88 Å². The van der Waals surface area contributed by atoms with Crippen molar-refractivity contribution in [2.75, 3.05) is 19.8 Å². The molecule has 1 fully saturated rings. The predicted octanol–water partition coefficient (Wildman–Crippen LogP) is 1.32. The van der Waals surface area contributed by atoms with Gasteiger partial charge in [0.25, 0.3) is 5.91 Å². The van der Waals surface area contributed by atoms with Crippen LogP contribution in [0.15, 0.2) is 17.1 Å². The molecule has 0 aromatic carbocycles. The van der Waals surface area contributed by atoms with Crippen molar-refractivity contribution in [3.63, 3.8) is 0 Å². The largest absolute Gasteiger partial charge is 0.381 e. The number of nitrogens with zero attached hydrogens (tertiary/aromatic N) is 1. The number of aromatic nitrogens is 1. The third-order valence-electron chi connectivity index (χ3n) is 3.52. The maximum Gasteiger partial charge on any atom is 0.259 e. The minimum Gasteiger partial charge on any atom is -0.381 e. The van der Waals surface area contributed by atoms with E-state index in [2.05, 4.69) is 4.98 Å². The molecule has 1 amide bonds. The van der Waals surface area contributed by atoms with Crippen molar-refractivity contribution in [1.29, 1.82) is 0 Å². The highest BCUT2D eigenvalue weighted by Gasteiger charge is 2.26. The Balaban J connectivity index is 2.22. The summed E-state index contributed by atoms with van der Waals surface area (Å²) < 4.78 is 5.31. The topological polar surface area (TPSA) is 62.4 Å². The highest BCUT2D eigenvalue weighted by Crippen LogP contribution is 2.16. The maximum absolute atomic E-state index is 12.5. The van der Waals surface area contributed by atoms with Gasteiger partial charge in [-0.3, -0.25) is 9.59 Å². The van der Waals surface area contributed by atoms with Gasteiger partial charge in [0.2, 0.25) is 0 Å². The van der Waals surface area contributed by atoms with Gasteiger partial charge in [0.15, 0.2) is 5.43 Å². The first kappa shape index (κ1) is 13.8. The quantitative estimate of drug-likeness (QED) is 0.895. The molecular formula is C14H20N2O3. The molecule has 1 aromatic rings. The number of carbonyl (C=O) groups excluding carboxylic acids is 1. The van der Waals surface area contributed by atoms with Gasteiger partial charge in [-0.2, -0.15) is 0 Å². The third kappa shape index (κ3) is 3.04. The number of hydrogen-bond acceptors (Lipinski definition) is 3. The Labute approximate surface area is 112 Å². The van der Waals surface area contributed by atoms with Crippen LogP contribution in [-0.4, -0.2) is 41.6 Å². The maximum atomic E-state index is 12.5. The molecule has 5 heteroatoms. The molecule has 2 rings (SSSR count). The van der Waals surface area contributed by atoms with Gasteiger partial charge in [-0.1, -0.05) is 0 Å². The fraction of sp³-hybridized carbons (Fsp3) is 0.571. The van der Waals surface area contributed by atoms with Crippen molar-refractivity contribution < 1.29 is 9.53 Å². The van der Waals surface area contributed by atoms with Gasteiger partial charge in [-0.15, -0.1) is 0 Å². The number of aromatic amines is 1. The summed E-state index contributed by atoms with van der Waals surface area (Å²) in [6, 6.07) is 1.64. The summed E-state index contributed by atoms with van der Waals surface area (Å²) in [5.41, 5.74) is 0.765. The second kappa shape index (κ2) is 6.02. The molecule has 1 N–H and O–H groups in total. The van der Waals surface area contributed by atoms with E-state index in [1.165, 1.54) is 12.3 Å². The number of pyridine rings is 1. The summed E-state index contributed by atoms with van der Waals surface area (Å²) in [4.78, 5) is 29.1. The summed E-state index contributed by atoms with van der Waals surface area (Å²) in [7, 11) is 0. The number of amides is 1. The zero-order valence-corrected chi connectivity index (χ0v) is 11.4. The first-order chi connectivity index (χ1) is 9.13. The monoisotopic (exact) mass is 264 g/mol. The number of rotatable bonds is 3. The average molecular weight is 264 g/mol. The molecular weight excluding hydrogens is 244 g/mol. The molecule has 1 aliphatic heterocycles. The van der Waals surface area contributed by atoms with Gasteiger partial charge < -0.3 is 14.6 Å². The molecule has 1 aliphatic rings. The fourth-order valence-corrected chi connectivity index (χ4v) is 2.46. The molecule has 5 nitrogen and oxygen atoms in total. The number of aryl methyl sites for hydroxylation is 1. The minimum atomic E-state index is -0.216. The standard InChI is InChI=1S/C14H20N2O3/c1-3-16(11-4-6-19-7-5-11)14(18)12-9-15-10(2)8-13(12)17/h8-9,11H,3-7H2,1-2H3,(H,15,17). The van der Waals surface area contributed by atoms with Crippen molar-refractivity contribution in [2.24, 2.45) is 0 Å². The summed E-state index contributed by atoms with van der Waals surface area (Å²) in [6.45, 7) is 5.70. The highest BCUT2D eigenvalue weighted by atomic mass is 16.5. The summed E-state index contributed by atoms with van der Waals surface area (Å²) in [5, 5.41) is 0. The van der Waals surface area contributed by atoms with Gasteiger partial charge in [0, 0.05) is 43.8 Å². The van der Waals surface area contributed by atoms with Crippen molar-refractivity contribution in [3.05, 3.63) is 33.7 Å². The SMILES string of the molecule is CCN(C(=O)c1c[nH]c(C)cc1=O)C1CCOCC1. The van der Waals surface area contributed by atoms with E-state index in [0.717, 1.165) is 18.5 Å². The zero-order valence-electron chi connectivity index (χ0n) is 11.4. The van der Waals surface area contributed by atoms with Crippen LogP contribution in [-0.2, 0) is 4.74 Å².